The van der Waals surface area contributed by atoms with Crippen molar-refractivity contribution in [2.75, 3.05) is 7.11 Å². The number of ether oxygens (including phenoxy) is 2. The molecule has 0 aliphatic carbocycles. The molecule has 0 saturated carbocycles. The zero-order chi connectivity index (χ0) is 12.5. The summed E-state index contributed by atoms with van der Waals surface area (Å²) in [6, 6.07) is 14.8. The molecule has 1 heterocycles. The number of ketones is 1. The zero-order valence-corrected chi connectivity index (χ0v) is 9.92. The highest BCUT2D eigenvalue weighted by Crippen LogP contribution is 2.38. The second-order valence-corrected chi connectivity index (χ2v) is 4.13. The summed E-state index contributed by atoms with van der Waals surface area (Å²) in [5, 5.41) is 0. The maximum absolute atomic E-state index is 12.2. The van der Waals surface area contributed by atoms with Crippen LogP contribution < -0.4 is 9.47 Å². The van der Waals surface area contributed by atoms with Crippen molar-refractivity contribution in [3.63, 3.8) is 0 Å². The number of benzene rings is 2. The van der Waals surface area contributed by atoms with Gasteiger partial charge in [0.1, 0.15) is 11.5 Å². The number of Topliss-reactive ketones (excluding diaryl/α,β-unsaturated/α-hetero) is 1. The number of fused-ring (bicyclic) bond motifs is 1. The Morgan fingerprint density at radius 1 is 1.11 bits per heavy atom. The van der Waals surface area contributed by atoms with Crippen molar-refractivity contribution in [1.82, 2.24) is 0 Å². The van der Waals surface area contributed by atoms with E-state index < -0.39 is 6.10 Å². The highest BCUT2D eigenvalue weighted by atomic mass is 16.5. The molecule has 90 valence electrons. The molecule has 1 atom stereocenters. The van der Waals surface area contributed by atoms with Crippen LogP contribution in [0.2, 0.25) is 0 Å². The molecule has 0 saturated heterocycles. The van der Waals surface area contributed by atoms with Gasteiger partial charge in [0.05, 0.1) is 12.7 Å². The van der Waals surface area contributed by atoms with Crippen LogP contribution in [-0.2, 0) is 0 Å². The lowest BCUT2D eigenvalue weighted by atomic mass is 10.0. The Hall–Kier alpha value is -2.29. The Bertz CT molecular complexity index is 590. The molecule has 0 bridgehead atoms. The Balaban J connectivity index is 1.99. The fourth-order valence-corrected chi connectivity index (χ4v) is 2.10. The molecule has 3 heteroatoms. The molecule has 3 nitrogen and oxygen atoms in total. The minimum atomic E-state index is -0.534. The smallest absolute Gasteiger partial charge is 0.211 e. The molecule has 0 aromatic heterocycles. The van der Waals surface area contributed by atoms with E-state index in [0.717, 1.165) is 5.56 Å². The van der Waals surface area contributed by atoms with Crippen molar-refractivity contribution < 1.29 is 14.3 Å². The third kappa shape index (κ3) is 1.64. The van der Waals surface area contributed by atoms with Gasteiger partial charge in [-0.25, -0.2) is 0 Å². The monoisotopic (exact) mass is 240 g/mol. The first-order valence-corrected chi connectivity index (χ1v) is 5.73. The Morgan fingerprint density at radius 3 is 2.61 bits per heavy atom. The van der Waals surface area contributed by atoms with Gasteiger partial charge < -0.3 is 9.47 Å². The highest BCUT2D eigenvalue weighted by Gasteiger charge is 2.33. The quantitative estimate of drug-likeness (QED) is 0.809. The summed E-state index contributed by atoms with van der Waals surface area (Å²) in [6.07, 6.45) is -0.534. The van der Waals surface area contributed by atoms with Crippen LogP contribution in [0.15, 0.2) is 48.5 Å². The van der Waals surface area contributed by atoms with Crippen molar-refractivity contribution in [1.29, 1.82) is 0 Å². The summed E-state index contributed by atoms with van der Waals surface area (Å²) >= 11 is 0. The summed E-state index contributed by atoms with van der Waals surface area (Å²) in [5.74, 6) is 1.28. The minimum absolute atomic E-state index is 0.00106. The van der Waals surface area contributed by atoms with Gasteiger partial charge >= 0.3 is 0 Å². The van der Waals surface area contributed by atoms with E-state index in [1.165, 1.54) is 0 Å². The lowest BCUT2D eigenvalue weighted by molar-refractivity contribution is 0.0858. The topological polar surface area (TPSA) is 35.5 Å². The second-order valence-electron chi connectivity index (χ2n) is 4.13. The van der Waals surface area contributed by atoms with Crippen molar-refractivity contribution >= 4 is 5.78 Å². The first-order valence-electron chi connectivity index (χ1n) is 5.73. The molecular weight excluding hydrogens is 228 g/mol. The van der Waals surface area contributed by atoms with Crippen LogP contribution in [0.25, 0.3) is 0 Å². The molecule has 1 aliphatic heterocycles. The standard InChI is InChI=1S/C15H12O3/c1-17-11-7-8-12-13(9-11)18-15(14(12)16)10-5-3-2-4-6-10/h2-9,15H,1H3. The van der Waals surface area contributed by atoms with E-state index in [4.69, 9.17) is 9.47 Å². The first kappa shape index (κ1) is 10.8. The van der Waals surface area contributed by atoms with Gasteiger partial charge in [-0.3, -0.25) is 4.79 Å². The zero-order valence-electron chi connectivity index (χ0n) is 9.92. The molecule has 0 fully saturated rings. The van der Waals surface area contributed by atoms with E-state index in [9.17, 15) is 4.79 Å². The minimum Gasteiger partial charge on any atom is -0.497 e. The largest absolute Gasteiger partial charge is 0.497 e. The van der Waals surface area contributed by atoms with Crippen LogP contribution >= 0.6 is 0 Å². The van der Waals surface area contributed by atoms with Crippen molar-refractivity contribution in [3.8, 4) is 11.5 Å². The average molecular weight is 240 g/mol. The molecule has 1 unspecified atom stereocenters. The van der Waals surface area contributed by atoms with Gasteiger partial charge in [-0.05, 0) is 12.1 Å². The van der Waals surface area contributed by atoms with Crippen molar-refractivity contribution in [2.24, 2.45) is 0 Å². The molecule has 3 rings (SSSR count). The lowest BCUT2D eigenvalue weighted by Gasteiger charge is -2.09. The number of hydrogen-bond acceptors (Lipinski definition) is 3. The van der Waals surface area contributed by atoms with Crippen LogP contribution in [-0.4, -0.2) is 12.9 Å². The van der Waals surface area contributed by atoms with Gasteiger partial charge in [0.2, 0.25) is 5.78 Å². The van der Waals surface area contributed by atoms with Crippen LogP contribution in [0, 0.1) is 0 Å². The molecule has 0 spiro atoms. The molecule has 2 aromatic carbocycles. The summed E-state index contributed by atoms with van der Waals surface area (Å²) < 4.78 is 10.8. The van der Waals surface area contributed by atoms with E-state index in [-0.39, 0.29) is 5.78 Å². The van der Waals surface area contributed by atoms with E-state index in [1.807, 2.05) is 30.3 Å². The first-order chi connectivity index (χ1) is 8.79. The molecular formula is C15H12O3. The van der Waals surface area contributed by atoms with Gasteiger partial charge in [-0.15, -0.1) is 0 Å². The Kier molecular flexibility index (Phi) is 2.52. The average Bonchev–Trinajstić information content (AvgIpc) is 2.76. The van der Waals surface area contributed by atoms with Gasteiger partial charge in [-0.1, -0.05) is 30.3 Å². The van der Waals surface area contributed by atoms with Crippen LogP contribution in [0.3, 0.4) is 0 Å². The predicted octanol–water partition coefficient (Wildman–Crippen LogP) is 3.01. The van der Waals surface area contributed by atoms with Gasteiger partial charge in [0.15, 0.2) is 6.10 Å². The summed E-state index contributed by atoms with van der Waals surface area (Å²) in [4.78, 5) is 12.2. The normalized spacial score (nSPS) is 17.2. The number of carbonyl (C=O) groups excluding carboxylic acids is 1. The summed E-state index contributed by atoms with van der Waals surface area (Å²) in [6.45, 7) is 0. The number of hydrogen-bond donors (Lipinski definition) is 0. The number of carbonyl (C=O) groups is 1. The fraction of sp³-hybridized carbons (Fsp3) is 0.133. The van der Waals surface area contributed by atoms with E-state index in [0.29, 0.717) is 17.1 Å². The van der Waals surface area contributed by atoms with Crippen molar-refractivity contribution in [2.45, 2.75) is 6.10 Å². The van der Waals surface area contributed by atoms with Gasteiger partial charge in [0.25, 0.3) is 0 Å². The van der Waals surface area contributed by atoms with E-state index in [1.54, 1.807) is 25.3 Å². The number of rotatable bonds is 2. The van der Waals surface area contributed by atoms with Gasteiger partial charge in [0, 0.05) is 11.6 Å². The van der Waals surface area contributed by atoms with E-state index >= 15 is 0 Å². The third-order valence-electron chi connectivity index (χ3n) is 3.04. The Labute approximate surface area is 105 Å². The summed E-state index contributed by atoms with van der Waals surface area (Å²) in [7, 11) is 1.59. The lowest BCUT2D eigenvalue weighted by Crippen LogP contribution is -2.10. The fourth-order valence-electron chi connectivity index (χ4n) is 2.10. The molecule has 0 N–H and O–H groups in total. The SMILES string of the molecule is COc1ccc2c(c1)OC(c1ccccc1)C2=O. The van der Waals surface area contributed by atoms with Gasteiger partial charge in [-0.2, -0.15) is 0 Å². The maximum atomic E-state index is 12.2. The van der Waals surface area contributed by atoms with Crippen LogP contribution in [0.4, 0.5) is 0 Å². The summed E-state index contributed by atoms with van der Waals surface area (Å²) in [5.41, 5.74) is 1.49. The van der Waals surface area contributed by atoms with Crippen molar-refractivity contribution in [3.05, 3.63) is 59.7 Å². The van der Waals surface area contributed by atoms with Crippen LogP contribution in [0.5, 0.6) is 11.5 Å². The maximum Gasteiger partial charge on any atom is 0.211 e. The molecule has 0 amide bonds. The highest BCUT2D eigenvalue weighted by molar-refractivity contribution is 6.05. The second kappa shape index (κ2) is 4.18. The van der Waals surface area contributed by atoms with E-state index in [2.05, 4.69) is 0 Å². The molecule has 18 heavy (non-hydrogen) atoms. The molecule has 0 radical (unpaired) electrons. The number of methoxy groups -OCH3 is 1. The van der Waals surface area contributed by atoms with Crippen LogP contribution in [0.1, 0.15) is 22.0 Å². The predicted molar refractivity (Wildman–Crippen MR) is 67.1 cm³/mol. The third-order valence-corrected chi connectivity index (χ3v) is 3.04. The molecule has 1 aliphatic rings. The Morgan fingerprint density at radius 2 is 1.89 bits per heavy atom. The molecule has 2 aromatic rings.